The van der Waals surface area contributed by atoms with E-state index in [1.807, 2.05) is 0 Å². The van der Waals surface area contributed by atoms with Gasteiger partial charge < -0.3 is 25.0 Å². The summed E-state index contributed by atoms with van der Waals surface area (Å²) in [6.45, 7) is 2.12. The molecule has 3 amide bonds. The number of fused-ring (bicyclic) bond motifs is 1. The summed E-state index contributed by atoms with van der Waals surface area (Å²) in [5.74, 6) is 0.187. The van der Waals surface area contributed by atoms with Gasteiger partial charge in [-0.3, -0.25) is 14.4 Å². The molecule has 2 aliphatic heterocycles. The second-order valence-electron chi connectivity index (χ2n) is 7.66. The maximum Gasteiger partial charge on any atom is 0.242 e. The fourth-order valence-electron chi connectivity index (χ4n) is 3.98. The summed E-state index contributed by atoms with van der Waals surface area (Å²) in [4.78, 5) is 38.9. The van der Waals surface area contributed by atoms with Crippen LogP contribution in [0.4, 0.5) is 5.69 Å². The van der Waals surface area contributed by atoms with E-state index in [0.29, 0.717) is 17.2 Å². The number of ether oxygens (including phenoxy) is 2. The van der Waals surface area contributed by atoms with Gasteiger partial charge in [-0.05, 0) is 31.9 Å². The van der Waals surface area contributed by atoms with E-state index in [1.54, 1.807) is 30.0 Å². The van der Waals surface area contributed by atoms with Gasteiger partial charge in [-0.2, -0.15) is 0 Å². The van der Waals surface area contributed by atoms with Crippen LogP contribution >= 0.6 is 0 Å². The lowest BCUT2D eigenvalue weighted by atomic mass is 10.1. The maximum atomic E-state index is 12.6. The van der Waals surface area contributed by atoms with E-state index in [4.69, 9.17) is 9.47 Å². The molecule has 4 rings (SSSR count). The molecule has 0 radical (unpaired) electrons. The van der Waals surface area contributed by atoms with Crippen molar-refractivity contribution in [2.75, 3.05) is 18.2 Å². The molecule has 1 saturated heterocycles. The summed E-state index contributed by atoms with van der Waals surface area (Å²) in [7, 11) is 0. The van der Waals surface area contributed by atoms with Crippen LogP contribution in [0.25, 0.3) is 0 Å². The van der Waals surface area contributed by atoms with E-state index in [-0.39, 0.29) is 43.5 Å². The van der Waals surface area contributed by atoms with Gasteiger partial charge >= 0.3 is 0 Å². The van der Waals surface area contributed by atoms with Gasteiger partial charge in [0.1, 0.15) is 6.04 Å². The standard InChI is InChI=1S/C20H25N3O5/c1-12(19(25)22-14-4-2-3-5-14)21-20(26)13-8-18(24)23(10-13)15-6-7-16-17(9-15)28-11-27-16/h6-7,9,12-14H,2-5,8,10-11H2,1H3,(H,21,26)(H,22,25)/t12-,13+/m0/s1. The van der Waals surface area contributed by atoms with Crippen LogP contribution in [-0.2, 0) is 14.4 Å². The number of carbonyl (C=O) groups excluding carboxylic acids is 3. The zero-order valence-electron chi connectivity index (χ0n) is 15.9. The summed E-state index contributed by atoms with van der Waals surface area (Å²) in [5, 5.41) is 5.74. The van der Waals surface area contributed by atoms with E-state index >= 15 is 0 Å². The molecule has 2 fully saturated rings. The number of nitrogens with zero attached hydrogens (tertiary/aromatic N) is 1. The van der Waals surface area contributed by atoms with Crippen LogP contribution in [0, 0.1) is 5.92 Å². The highest BCUT2D eigenvalue weighted by Crippen LogP contribution is 2.37. The van der Waals surface area contributed by atoms with Crippen LogP contribution in [0.5, 0.6) is 11.5 Å². The lowest BCUT2D eigenvalue weighted by Gasteiger charge is -2.20. The predicted molar refractivity (Wildman–Crippen MR) is 101 cm³/mol. The summed E-state index contributed by atoms with van der Waals surface area (Å²) in [6.07, 6.45) is 4.37. The van der Waals surface area contributed by atoms with Crippen molar-refractivity contribution in [2.24, 2.45) is 5.92 Å². The highest BCUT2D eigenvalue weighted by Gasteiger charge is 2.36. The van der Waals surface area contributed by atoms with Crippen LogP contribution in [0.2, 0.25) is 0 Å². The molecule has 0 bridgehead atoms. The van der Waals surface area contributed by atoms with E-state index in [2.05, 4.69) is 10.6 Å². The first-order valence-corrected chi connectivity index (χ1v) is 9.82. The topological polar surface area (TPSA) is 97.0 Å². The fraction of sp³-hybridized carbons (Fsp3) is 0.550. The zero-order chi connectivity index (χ0) is 19.7. The van der Waals surface area contributed by atoms with Crippen molar-refractivity contribution in [1.82, 2.24) is 10.6 Å². The lowest BCUT2D eigenvalue weighted by Crippen LogP contribution is -2.49. The van der Waals surface area contributed by atoms with Crippen molar-refractivity contribution in [3.05, 3.63) is 18.2 Å². The molecular formula is C20H25N3O5. The molecular weight excluding hydrogens is 362 g/mol. The van der Waals surface area contributed by atoms with Crippen molar-refractivity contribution in [1.29, 1.82) is 0 Å². The molecule has 8 nitrogen and oxygen atoms in total. The number of amides is 3. The Morgan fingerprint density at radius 1 is 1.18 bits per heavy atom. The molecule has 0 unspecified atom stereocenters. The van der Waals surface area contributed by atoms with Gasteiger partial charge in [0.05, 0.1) is 5.92 Å². The molecule has 0 spiro atoms. The molecule has 8 heteroatoms. The quantitative estimate of drug-likeness (QED) is 0.795. The van der Waals surface area contributed by atoms with Gasteiger partial charge in [-0.25, -0.2) is 0 Å². The number of hydrogen-bond donors (Lipinski definition) is 2. The molecule has 2 heterocycles. The Bertz CT molecular complexity index is 790. The van der Waals surface area contributed by atoms with Crippen LogP contribution < -0.4 is 25.0 Å². The molecule has 0 aromatic heterocycles. The second kappa shape index (κ2) is 7.69. The van der Waals surface area contributed by atoms with E-state index in [9.17, 15) is 14.4 Å². The lowest BCUT2D eigenvalue weighted by molar-refractivity contribution is -0.131. The molecule has 1 aliphatic carbocycles. The van der Waals surface area contributed by atoms with Gasteiger partial charge in [-0.15, -0.1) is 0 Å². The predicted octanol–water partition coefficient (Wildman–Crippen LogP) is 1.33. The minimum Gasteiger partial charge on any atom is -0.454 e. The highest BCUT2D eigenvalue weighted by molar-refractivity contribution is 6.01. The first-order valence-electron chi connectivity index (χ1n) is 9.82. The summed E-state index contributed by atoms with van der Waals surface area (Å²) in [5.41, 5.74) is 0.677. The first kappa shape index (κ1) is 18.6. The first-order chi connectivity index (χ1) is 13.5. The molecule has 3 aliphatic rings. The second-order valence-corrected chi connectivity index (χ2v) is 7.66. The van der Waals surface area contributed by atoms with Crippen molar-refractivity contribution in [2.45, 2.75) is 51.1 Å². The third-order valence-corrected chi connectivity index (χ3v) is 5.62. The Kier molecular flexibility index (Phi) is 5.11. The smallest absolute Gasteiger partial charge is 0.242 e. The average molecular weight is 387 g/mol. The summed E-state index contributed by atoms with van der Waals surface area (Å²) in [6, 6.07) is 4.87. The van der Waals surface area contributed by atoms with E-state index < -0.39 is 12.0 Å². The molecule has 1 aromatic carbocycles. The van der Waals surface area contributed by atoms with Crippen LogP contribution in [0.1, 0.15) is 39.0 Å². The summed E-state index contributed by atoms with van der Waals surface area (Å²) < 4.78 is 10.6. The number of carbonyl (C=O) groups is 3. The van der Waals surface area contributed by atoms with Gasteiger partial charge in [0.25, 0.3) is 0 Å². The van der Waals surface area contributed by atoms with Gasteiger partial charge in [0.2, 0.25) is 24.5 Å². The largest absolute Gasteiger partial charge is 0.454 e. The van der Waals surface area contributed by atoms with Gasteiger partial charge in [0.15, 0.2) is 11.5 Å². The maximum absolute atomic E-state index is 12.6. The Morgan fingerprint density at radius 2 is 1.93 bits per heavy atom. The number of hydrogen-bond acceptors (Lipinski definition) is 5. The SMILES string of the molecule is C[C@H](NC(=O)[C@@H]1CC(=O)N(c2ccc3c(c2)OCO3)C1)C(=O)NC1CCCC1. The van der Waals surface area contributed by atoms with Crippen LogP contribution in [-0.4, -0.2) is 43.1 Å². The van der Waals surface area contributed by atoms with Crippen molar-refractivity contribution < 1.29 is 23.9 Å². The Balaban J connectivity index is 1.34. The Morgan fingerprint density at radius 3 is 2.71 bits per heavy atom. The van der Waals surface area contributed by atoms with E-state index in [1.165, 1.54) is 0 Å². The molecule has 2 N–H and O–H groups in total. The highest BCUT2D eigenvalue weighted by atomic mass is 16.7. The minimum absolute atomic E-state index is 0.122. The number of benzene rings is 1. The molecule has 1 saturated carbocycles. The molecule has 150 valence electrons. The van der Waals surface area contributed by atoms with Crippen molar-refractivity contribution in [3.63, 3.8) is 0 Å². The minimum atomic E-state index is -0.622. The Hall–Kier alpha value is -2.77. The van der Waals surface area contributed by atoms with Gasteiger partial charge in [0, 0.05) is 30.8 Å². The monoisotopic (exact) mass is 387 g/mol. The fourth-order valence-corrected chi connectivity index (χ4v) is 3.98. The third kappa shape index (κ3) is 3.76. The van der Waals surface area contributed by atoms with Crippen LogP contribution in [0.3, 0.4) is 0 Å². The van der Waals surface area contributed by atoms with Crippen molar-refractivity contribution in [3.8, 4) is 11.5 Å². The van der Waals surface area contributed by atoms with Crippen LogP contribution in [0.15, 0.2) is 18.2 Å². The molecule has 1 aromatic rings. The van der Waals surface area contributed by atoms with Gasteiger partial charge in [-0.1, -0.05) is 12.8 Å². The number of nitrogens with one attached hydrogen (secondary N) is 2. The van der Waals surface area contributed by atoms with Crippen molar-refractivity contribution >= 4 is 23.4 Å². The normalized spacial score (nSPS) is 22.4. The zero-order valence-corrected chi connectivity index (χ0v) is 15.9. The third-order valence-electron chi connectivity index (χ3n) is 5.62. The number of rotatable bonds is 5. The molecule has 28 heavy (non-hydrogen) atoms. The Labute approximate surface area is 163 Å². The summed E-state index contributed by atoms with van der Waals surface area (Å²) >= 11 is 0. The van der Waals surface area contributed by atoms with E-state index in [0.717, 1.165) is 25.7 Å². The number of anilines is 1. The average Bonchev–Trinajstić information content (AvgIpc) is 3.41. The molecule has 2 atom stereocenters.